The van der Waals surface area contributed by atoms with Gasteiger partial charge in [-0.3, -0.25) is 9.58 Å². The lowest BCUT2D eigenvalue weighted by Gasteiger charge is -2.22. The topological polar surface area (TPSA) is 86.0 Å². The molecule has 1 aliphatic heterocycles. The Balaban J connectivity index is 1.44. The molecule has 1 fully saturated rings. The van der Waals surface area contributed by atoms with Crippen LogP contribution in [-0.4, -0.2) is 42.4 Å². The molecule has 114 valence electrons. The van der Waals surface area contributed by atoms with Gasteiger partial charge in [-0.25, -0.2) is 4.98 Å². The predicted octanol–water partition coefficient (Wildman–Crippen LogP) is 1.59. The van der Waals surface area contributed by atoms with Crippen LogP contribution in [0.3, 0.4) is 0 Å². The van der Waals surface area contributed by atoms with E-state index in [-0.39, 0.29) is 0 Å². The Morgan fingerprint density at radius 2 is 2.36 bits per heavy atom. The van der Waals surface area contributed by atoms with Gasteiger partial charge in [-0.15, -0.1) is 0 Å². The molecule has 3 aromatic rings. The van der Waals surface area contributed by atoms with Gasteiger partial charge < -0.3 is 8.94 Å². The number of likely N-dealkylation sites (tertiary alicyclic amines) is 1. The number of hydrogen-bond donors (Lipinski definition) is 0. The molecule has 8 nitrogen and oxygen atoms in total. The van der Waals surface area contributed by atoms with Crippen molar-refractivity contribution >= 4 is 0 Å². The van der Waals surface area contributed by atoms with Gasteiger partial charge in [0.1, 0.15) is 12.7 Å². The van der Waals surface area contributed by atoms with Crippen LogP contribution >= 0.6 is 0 Å². The number of rotatable bonds is 5. The molecule has 1 atom stereocenters. The lowest BCUT2D eigenvalue weighted by Crippen LogP contribution is -2.32. The van der Waals surface area contributed by atoms with Gasteiger partial charge in [-0.2, -0.15) is 10.1 Å². The molecule has 8 heteroatoms. The van der Waals surface area contributed by atoms with E-state index in [9.17, 15) is 0 Å². The van der Waals surface area contributed by atoms with Gasteiger partial charge in [0.2, 0.25) is 11.7 Å². The minimum atomic E-state index is 0.417. The maximum atomic E-state index is 5.34. The summed E-state index contributed by atoms with van der Waals surface area (Å²) >= 11 is 0. The monoisotopic (exact) mass is 300 g/mol. The van der Waals surface area contributed by atoms with Gasteiger partial charge in [0, 0.05) is 6.04 Å². The molecule has 1 saturated heterocycles. The molecule has 0 aromatic carbocycles. The molecule has 0 saturated carbocycles. The fourth-order valence-corrected chi connectivity index (χ4v) is 2.85. The first kappa shape index (κ1) is 13.2. The summed E-state index contributed by atoms with van der Waals surface area (Å²) in [7, 11) is 0. The standard InChI is InChI=1S/C14H16N6O2/c1-3-11(7-20-10-15-9-16-20)19(5-1)8-13-17-14(18-22-13)12-4-2-6-21-12/h2,4,6,9-11H,1,3,5,7-8H2/t11-/m0/s1. The summed E-state index contributed by atoms with van der Waals surface area (Å²) in [5.41, 5.74) is 0. The second-order valence-corrected chi connectivity index (χ2v) is 5.37. The molecule has 0 N–H and O–H groups in total. The Kier molecular flexibility index (Phi) is 3.43. The van der Waals surface area contributed by atoms with Crippen LogP contribution in [0.2, 0.25) is 0 Å². The van der Waals surface area contributed by atoms with Crippen LogP contribution in [-0.2, 0) is 13.1 Å². The highest BCUT2D eigenvalue weighted by molar-refractivity contribution is 5.44. The fraction of sp³-hybridized carbons (Fsp3) is 0.429. The summed E-state index contributed by atoms with van der Waals surface area (Å²) in [6, 6.07) is 4.04. The van der Waals surface area contributed by atoms with Crippen molar-refractivity contribution < 1.29 is 8.94 Å². The van der Waals surface area contributed by atoms with E-state index in [1.54, 1.807) is 25.0 Å². The van der Waals surface area contributed by atoms with Gasteiger partial charge in [-0.05, 0) is 31.5 Å². The Morgan fingerprint density at radius 3 is 3.18 bits per heavy atom. The molecule has 0 radical (unpaired) electrons. The summed E-state index contributed by atoms with van der Waals surface area (Å²) < 4.78 is 12.5. The van der Waals surface area contributed by atoms with E-state index in [2.05, 4.69) is 25.1 Å². The number of furan rings is 1. The molecule has 0 aliphatic carbocycles. The van der Waals surface area contributed by atoms with E-state index in [1.165, 1.54) is 6.42 Å². The van der Waals surface area contributed by atoms with Gasteiger partial charge in [0.25, 0.3) is 0 Å². The normalized spacial score (nSPS) is 19.0. The van der Waals surface area contributed by atoms with Gasteiger partial charge in [0.15, 0.2) is 5.76 Å². The zero-order chi connectivity index (χ0) is 14.8. The quantitative estimate of drug-likeness (QED) is 0.707. The molecular weight excluding hydrogens is 284 g/mol. The van der Waals surface area contributed by atoms with Crippen molar-refractivity contribution in [1.82, 2.24) is 29.8 Å². The highest BCUT2D eigenvalue weighted by Gasteiger charge is 2.27. The minimum Gasteiger partial charge on any atom is -0.461 e. The molecule has 0 amide bonds. The molecule has 4 rings (SSSR count). The average Bonchev–Trinajstić information content (AvgIpc) is 3.28. The molecule has 0 unspecified atom stereocenters. The summed E-state index contributed by atoms with van der Waals surface area (Å²) in [6.07, 6.45) is 7.21. The van der Waals surface area contributed by atoms with Crippen LogP contribution in [0.4, 0.5) is 0 Å². The summed E-state index contributed by atoms with van der Waals surface area (Å²) in [4.78, 5) is 10.7. The lowest BCUT2D eigenvalue weighted by molar-refractivity contribution is 0.192. The number of hydrogen-bond acceptors (Lipinski definition) is 7. The van der Waals surface area contributed by atoms with E-state index in [0.29, 0.717) is 30.1 Å². The first-order valence-electron chi connectivity index (χ1n) is 7.31. The van der Waals surface area contributed by atoms with Crippen molar-refractivity contribution in [2.75, 3.05) is 6.54 Å². The molecule has 4 heterocycles. The molecule has 1 aliphatic rings. The van der Waals surface area contributed by atoms with E-state index in [4.69, 9.17) is 8.94 Å². The highest BCUT2D eigenvalue weighted by atomic mass is 16.5. The second kappa shape index (κ2) is 5.72. The van der Waals surface area contributed by atoms with Crippen molar-refractivity contribution in [1.29, 1.82) is 0 Å². The Hall–Kier alpha value is -2.48. The molecule has 0 spiro atoms. The van der Waals surface area contributed by atoms with Gasteiger partial charge >= 0.3 is 0 Å². The maximum Gasteiger partial charge on any atom is 0.241 e. The van der Waals surface area contributed by atoms with Crippen molar-refractivity contribution in [3.8, 4) is 11.6 Å². The van der Waals surface area contributed by atoms with Crippen LogP contribution in [0.15, 0.2) is 40.0 Å². The van der Waals surface area contributed by atoms with E-state index in [0.717, 1.165) is 19.5 Å². The van der Waals surface area contributed by atoms with E-state index in [1.807, 2.05) is 10.7 Å². The summed E-state index contributed by atoms with van der Waals surface area (Å²) in [5.74, 6) is 1.72. The predicted molar refractivity (Wildman–Crippen MR) is 75.5 cm³/mol. The largest absolute Gasteiger partial charge is 0.461 e. The SMILES string of the molecule is c1coc(-c2noc(CN3CCC[C@H]3Cn3cncn3)n2)c1. The van der Waals surface area contributed by atoms with Crippen molar-refractivity contribution in [2.45, 2.75) is 32.0 Å². The lowest BCUT2D eigenvalue weighted by atomic mass is 10.2. The average molecular weight is 300 g/mol. The Labute approximate surface area is 126 Å². The van der Waals surface area contributed by atoms with Crippen LogP contribution in [0.1, 0.15) is 18.7 Å². The van der Waals surface area contributed by atoms with Gasteiger partial charge in [-0.1, -0.05) is 5.16 Å². The Bertz CT molecular complexity index is 706. The van der Waals surface area contributed by atoms with Crippen LogP contribution in [0.25, 0.3) is 11.6 Å². The van der Waals surface area contributed by atoms with E-state index >= 15 is 0 Å². The van der Waals surface area contributed by atoms with Crippen molar-refractivity contribution in [3.63, 3.8) is 0 Å². The highest BCUT2D eigenvalue weighted by Crippen LogP contribution is 2.22. The Morgan fingerprint density at radius 1 is 1.36 bits per heavy atom. The summed E-state index contributed by atoms with van der Waals surface area (Å²) in [5, 5.41) is 8.14. The molecular formula is C14H16N6O2. The number of nitrogens with zero attached hydrogens (tertiary/aromatic N) is 6. The minimum absolute atomic E-state index is 0.417. The fourth-order valence-electron chi connectivity index (χ4n) is 2.85. The summed E-state index contributed by atoms with van der Waals surface area (Å²) in [6.45, 7) is 2.50. The third-order valence-electron chi connectivity index (χ3n) is 3.91. The molecule has 3 aromatic heterocycles. The molecule has 22 heavy (non-hydrogen) atoms. The third kappa shape index (κ3) is 2.64. The zero-order valence-electron chi connectivity index (χ0n) is 12.0. The first-order chi connectivity index (χ1) is 10.9. The van der Waals surface area contributed by atoms with Gasteiger partial charge in [0.05, 0.1) is 19.4 Å². The first-order valence-corrected chi connectivity index (χ1v) is 7.31. The smallest absolute Gasteiger partial charge is 0.241 e. The van der Waals surface area contributed by atoms with Crippen LogP contribution < -0.4 is 0 Å². The van der Waals surface area contributed by atoms with E-state index < -0.39 is 0 Å². The van der Waals surface area contributed by atoms with Crippen molar-refractivity contribution in [3.05, 3.63) is 36.9 Å². The van der Waals surface area contributed by atoms with Crippen LogP contribution in [0, 0.1) is 0 Å². The van der Waals surface area contributed by atoms with Crippen molar-refractivity contribution in [2.24, 2.45) is 0 Å². The van der Waals surface area contributed by atoms with Crippen LogP contribution in [0.5, 0.6) is 0 Å². The zero-order valence-corrected chi connectivity index (χ0v) is 12.0. The number of aromatic nitrogens is 5. The second-order valence-electron chi connectivity index (χ2n) is 5.37. The third-order valence-corrected chi connectivity index (χ3v) is 3.91. The molecule has 0 bridgehead atoms. The maximum absolute atomic E-state index is 5.34.